The van der Waals surface area contributed by atoms with Crippen LogP contribution in [-0.4, -0.2) is 22.9 Å². The Morgan fingerprint density at radius 3 is 2.52 bits per heavy atom. The van der Waals surface area contributed by atoms with Gasteiger partial charge in [0.15, 0.2) is 0 Å². The number of halogens is 2. The molecule has 1 aliphatic heterocycles. The van der Waals surface area contributed by atoms with Gasteiger partial charge >= 0.3 is 0 Å². The van der Waals surface area contributed by atoms with Gasteiger partial charge in [-0.25, -0.2) is 9.07 Å². The van der Waals surface area contributed by atoms with E-state index in [0.29, 0.717) is 5.69 Å². The maximum atomic E-state index is 12.9. The molecule has 1 aliphatic rings. The largest absolute Gasteiger partial charge is 0.369 e. The molecule has 0 atom stereocenters. The summed E-state index contributed by atoms with van der Waals surface area (Å²) in [6.07, 6.45) is 3.85. The quantitative estimate of drug-likeness (QED) is 0.875. The predicted molar refractivity (Wildman–Crippen MR) is 80.5 cm³/mol. The van der Waals surface area contributed by atoms with Crippen LogP contribution in [0.3, 0.4) is 0 Å². The van der Waals surface area contributed by atoms with Crippen LogP contribution < -0.4 is 10.5 Å². The Balaban J connectivity index is 1.88. The summed E-state index contributed by atoms with van der Waals surface area (Å²) in [5.41, 5.74) is 1.19. The molecular weight excluding hydrogens is 293 g/mol. The summed E-state index contributed by atoms with van der Waals surface area (Å²) in [4.78, 5) is 14.4. The van der Waals surface area contributed by atoms with E-state index in [1.165, 1.54) is 16.8 Å². The zero-order valence-electron chi connectivity index (χ0n) is 11.4. The van der Waals surface area contributed by atoms with Gasteiger partial charge in [0.05, 0.1) is 18.4 Å². The second kappa shape index (κ2) is 5.85. The lowest BCUT2D eigenvalue weighted by atomic mass is 10.2. The minimum absolute atomic E-state index is 0.203. The third kappa shape index (κ3) is 2.93. The molecule has 0 bridgehead atoms. The third-order valence-electron chi connectivity index (χ3n) is 3.66. The van der Waals surface area contributed by atoms with Crippen molar-refractivity contribution in [1.29, 1.82) is 0 Å². The summed E-state index contributed by atoms with van der Waals surface area (Å²) < 4.78 is 14.2. The summed E-state index contributed by atoms with van der Waals surface area (Å²) in [6, 6.07) is 5.98. The van der Waals surface area contributed by atoms with Crippen LogP contribution in [0.1, 0.15) is 18.4 Å². The molecule has 0 amide bonds. The Labute approximate surface area is 126 Å². The number of benzene rings is 1. The molecule has 2 heterocycles. The topological polar surface area (TPSA) is 38.1 Å². The highest BCUT2D eigenvalue weighted by atomic mass is 35.5. The smallest absolute Gasteiger partial charge is 0.287 e. The van der Waals surface area contributed by atoms with Gasteiger partial charge in [-0.05, 0) is 30.5 Å². The Bertz CT molecular complexity index is 693. The van der Waals surface area contributed by atoms with Crippen LogP contribution in [0.25, 0.3) is 0 Å². The minimum Gasteiger partial charge on any atom is -0.369 e. The van der Waals surface area contributed by atoms with E-state index in [9.17, 15) is 9.18 Å². The van der Waals surface area contributed by atoms with E-state index in [2.05, 4.69) is 10.00 Å². The van der Waals surface area contributed by atoms with Crippen molar-refractivity contribution in [3.05, 3.63) is 57.2 Å². The van der Waals surface area contributed by atoms with E-state index < -0.39 is 0 Å². The summed E-state index contributed by atoms with van der Waals surface area (Å²) in [5.74, 6) is -0.304. The molecule has 1 saturated heterocycles. The van der Waals surface area contributed by atoms with Crippen LogP contribution in [0.2, 0.25) is 5.02 Å². The van der Waals surface area contributed by atoms with Gasteiger partial charge in [-0.1, -0.05) is 23.7 Å². The lowest BCUT2D eigenvalue weighted by Gasteiger charge is -2.18. The van der Waals surface area contributed by atoms with Crippen LogP contribution in [0.4, 0.5) is 10.1 Å². The standard InChI is InChI=1S/C15H15ClFN3O/c16-14-13(19-7-1-2-8-19)9-18-20(15(14)21)10-11-3-5-12(17)6-4-11/h3-6,9H,1-2,7-8,10H2. The Hall–Kier alpha value is -1.88. The molecule has 0 aliphatic carbocycles. The maximum absolute atomic E-state index is 12.9. The molecule has 0 saturated carbocycles. The number of anilines is 1. The fourth-order valence-corrected chi connectivity index (χ4v) is 2.78. The van der Waals surface area contributed by atoms with Crippen molar-refractivity contribution in [1.82, 2.24) is 9.78 Å². The first kappa shape index (κ1) is 14.1. The SMILES string of the molecule is O=c1c(Cl)c(N2CCCC2)cnn1Cc1ccc(F)cc1. The molecular formula is C15H15ClFN3O. The summed E-state index contributed by atoms with van der Waals surface area (Å²) in [6.45, 7) is 2.09. The number of hydrogen-bond acceptors (Lipinski definition) is 3. The molecule has 0 unspecified atom stereocenters. The van der Waals surface area contributed by atoms with Crippen molar-refractivity contribution >= 4 is 17.3 Å². The van der Waals surface area contributed by atoms with Gasteiger partial charge in [-0.3, -0.25) is 4.79 Å². The van der Waals surface area contributed by atoms with Crippen molar-refractivity contribution in [2.75, 3.05) is 18.0 Å². The average Bonchev–Trinajstić information content (AvgIpc) is 3.00. The van der Waals surface area contributed by atoms with Gasteiger partial charge in [0, 0.05) is 13.1 Å². The van der Waals surface area contributed by atoms with Gasteiger partial charge in [0.2, 0.25) is 0 Å². The Morgan fingerprint density at radius 1 is 1.19 bits per heavy atom. The van der Waals surface area contributed by atoms with Crippen molar-refractivity contribution in [3.8, 4) is 0 Å². The summed E-state index contributed by atoms with van der Waals surface area (Å²) >= 11 is 6.19. The van der Waals surface area contributed by atoms with Gasteiger partial charge in [0.1, 0.15) is 10.8 Å². The minimum atomic E-state index is -0.314. The first-order valence-corrected chi connectivity index (χ1v) is 7.28. The lowest BCUT2D eigenvalue weighted by Crippen LogP contribution is -2.28. The number of rotatable bonds is 3. The Kier molecular flexibility index (Phi) is 3.92. The van der Waals surface area contributed by atoms with Gasteiger partial charge in [0.25, 0.3) is 5.56 Å². The fourth-order valence-electron chi connectivity index (χ4n) is 2.51. The predicted octanol–water partition coefficient (Wildman–Crippen LogP) is 2.68. The molecule has 0 radical (unpaired) electrons. The van der Waals surface area contributed by atoms with Crippen molar-refractivity contribution in [2.45, 2.75) is 19.4 Å². The zero-order chi connectivity index (χ0) is 14.8. The number of hydrogen-bond donors (Lipinski definition) is 0. The van der Waals surface area contributed by atoms with Gasteiger partial charge in [-0.2, -0.15) is 5.10 Å². The molecule has 2 aromatic rings. The highest BCUT2D eigenvalue weighted by molar-refractivity contribution is 6.33. The zero-order valence-corrected chi connectivity index (χ0v) is 12.2. The second-order valence-corrected chi connectivity index (χ2v) is 5.51. The van der Waals surface area contributed by atoms with Crippen molar-refractivity contribution in [3.63, 3.8) is 0 Å². The van der Waals surface area contributed by atoms with Crippen LogP contribution in [0, 0.1) is 5.82 Å². The molecule has 3 rings (SSSR count). The summed E-state index contributed by atoms with van der Waals surface area (Å²) in [7, 11) is 0. The fraction of sp³-hybridized carbons (Fsp3) is 0.333. The van der Waals surface area contributed by atoms with Gasteiger partial charge < -0.3 is 4.90 Å². The maximum Gasteiger partial charge on any atom is 0.287 e. The number of aromatic nitrogens is 2. The molecule has 110 valence electrons. The Morgan fingerprint density at radius 2 is 1.86 bits per heavy atom. The molecule has 1 fully saturated rings. The monoisotopic (exact) mass is 307 g/mol. The molecule has 1 aromatic heterocycles. The van der Waals surface area contributed by atoms with E-state index in [4.69, 9.17) is 11.6 Å². The first-order chi connectivity index (χ1) is 10.1. The van der Waals surface area contributed by atoms with E-state index >= 15 is 0 Å². The van der Waals surface area contributed by atoms with E-state index in [-0.39, 0.29) is 22.9 Å². The van der Waals surface area contributed by atoms with E-state index in [0.717, 1.165) is 31.5 Å². The number of nitrogens with zero attached hydrogens (tertiary/aromatic N) is 3. The van der Waals surface area contributed by atoms with Crippen LogP contribution in [0.15, 0.2) is 35.3 Å². The van der Waals surface area contributed by atoms with E-state index in [1.54, 1.807) is 18.3 Å². The first-order valence-electron chi connectivity index (χ1n) is 6.90. The third-order valence-corrected chi connectivity index (χ3v) is 4.01. The second-order valence-electron chi connectivity index (χ2n) is 5.13. The van der Waals surface area contributed by atoms with E-state index in [1.807, 2.05) is 0 Å². The lowest BCUT2D eigenvalue weighted by molar-refractivity contribution is 0.618. The average molecular weight is 308 g/mol. The van der Waals surface area contributed by atoms with Crippen molar-refractivity contribution in [2.24, 2.45) is 0 Å². The van der Waals surface area contributed by atoms with Crippen LogP contribution in [-0.2, 0) is 6.54 Å². The summed E-state index contributed by atoms with van der Waals surface area (Å²) in [5, 5.41) is 4.39. The highest BCUT2D eigenvalue weighted by Crippen LogP contribution is 2.24. The normalized spacial score (nSPS) is 14.7. The molecule has 6 heteroatoms. The molecule has 0 spiro atoms. The highest BCUT2D eigenvalue weighted by Gasteiger charge is 2.18. The molecule has 0 N–H and O–H groups in total. The molecule has 4 nitrogen and oxygen atoms in total. The molecule has 21 heavy (non-hydrogen) atoms. The molecule has 1 aromatic carbocycles. The van der Waals surface area contributed by atoms with Crippen LogP contribution in [0.5, 0.6) is 0 Å². The van der Waals surface area contributed by atoms with Crippen molar-refractivity contribution < 1.29 is 4.39 Å². The van der Waals surface area contributed by atoms with Crippen LogP contribution >= 0.6 is 11.6 Å². The van der Waals surface area contributed by atoms with Gasteiger partial charge in [-0.15, -0.1) is 0 Å².